The number of likely N-dealkylation sites (N-methyl/N-ethyl adjacent to an activating group) is 1. The molecule has 0 saturated heterocycles. The number of carbonyl (C=O) groups is 2. The minimum absolute atomic E-state index is 0.129. The molecule has 6 heteroatoms. The van der Waals surface area contributed by atoms with Crippen LogP contribution in [0.3, 0.4) is 0 Å². The molecule has 0 saturated carbocycles. The Morgan fingerprint density at radius 1 is 1.26 bits per heavy atom. The van der Waals surface area contributed by atoms with Crippen LogP contribution in [0.15, 0.2) is 18.2 Å². The molecule has 0 aromatic heterocycles. The molecule has 0 aliphatic heterocycles. The summed E-state index contributed by atoms with van der Waals surface area (Å²) in [5.41, 5.74) is 1.19. The molecule has 2 amide bonds. The minimum atomic E-state index is -0.178. The second kappa shape index (κ2) is 7.38. The van der Waals surface area contributed by atoms with Gasteiger partial charge in [-0.25, -0.2) is 0 Å². The summed E-state index contributed by atoms with van der Waals surface area (Å²) in [7, 11) is 1.50. The lowest BCUT2D eigenvalue weighted by Gasteiger charge is -2.11. The van der Waals surface area contributed by atoms with Gasteiger partial charge in [-0.2, -0.15) is 0 Å². The summed E-state index contributed by atoms with van der Waals surface area (Å²) in [5.74, 6) is 0.190. The van der Waals surface area contributed by atoms with Gasteiger partial charge in [0.1, 0.15) is 5.75 Å². The van der Waals surface area contributed by atoms with Crippen LogP contribution in [0.25, 0.3) is 0 Å². The molecular formula is C13H19N3O3. The summed E-state index contributed by atoms with van der Waals surface area (Å²) >= 11 is 0. The second-order valence-corrected chi connectivity index (χ2v) is 3.92. The molecule has 1 aromatic rings. The van der Waals surface area contributed by atoms with Crippen LogP contribution in [0.2, 0.25) is 0 Å². The van der Waals surface area contributed by atoms with Gasteiger partial charge in [-0.3, -0.25) is 9.59 Å². The zero-order valence-electron chi connectivity index (χ0n) is 11.4. The first kappa shape index (κ1) is 15.0. The third kappa shape index (κ3) is 4.97. The van der Waals surface area contributed by atoms with Gasteiger partial charge >= 0.3 is 0 Å². The summed E-state index contributed by atoms with van der Waals surface area (Å²) < 4.78 is 5.17. The molecule has 104 valence electrons. The Bertz CT molecular complexity index is 460. The number of hydrogen-bond acceptors (Lipinski definition) is 4. The molecule has 1 rings (SSSR count). The van der Waals surface area contributed by atoms with E-state index in [2.05, 4.69) is 16.0 Å². The third-order valence-corrected chi connectivity index (χ3v) is 2.33. The van der Waals surface area contributed by atoms with Crippen molar-refractivity contribution in [2.75, 3.05) is 30.8 Å². The molecule has 0 heterocycles. The lowest BCUT2D eigenvalue weighted by molar-refractivity contribution is -0.115. The van der Waals surface area contributed by atoms with Gasteiger partial charge < -0.3 is 20.7 Å². The van der Waals surface area contributed by atoms with Crippen molar-refractivity contribution >= 4 is 23.2 Å². The quantitative estimate of drug-likeness (QED) is 0.722. The first-order valence-electron chi connectivity index (χ1n) is 6.03. The fourth-order valence-corrected chi connectivity index (χ4v) is 1.51. The monoisotopic (exact) mass is 265 g/mol. The molecule has 1 aromatic carbocycles. The standard InChI is InChI=1S/C13H19N3O3/c1-4-14-8-13(18)16-10-5-6-11(15-9(2)17)12(7-10)19-3/h5-7,14H,4,8H2,1-3H3,(H,15,17)(H,16,18). The lowest BCUT2D eigenvalue weighted by atomic mass is 10.2. The van der Waals surface area contributed by atoms with E-state index < -0.39 is 0 Å². The number of hydrogen-bond donors (Lipinski definition) is 3. The van der Waals surface area contributed by atoms with Crippen LogP contribution in [-0.4, -0.2) is 32.0 Å². The van der Waals surface area contributed by atoms with Crippen LogP contribution >= 0.6 is 0 Å². The maximum atomic E-state index is 11.5. The second-order valence-electron chi connectivity index (χ2n) is 3.92. The molecule has 19 heavy (non-hydrogen) atoms. The molecular weight excluding hydrogens is 246 g/mol. The van der Waals surface area contributed by atoms with Crippen molar-refractivity contribution in [2.45, 2.75) is 13.8 Å². The van der Waals surface area contributed by atoms with Gasteiger partial charge in [-0.05, 0) is 18.7 Å². The van der Waals surface area contributed by atoms with E-state index in [1.54, 1.807) is 18.2 Å². The number of amides is 2. The molecule has 0 radical (unpaired) electrons. The van der Waals surface area contributed by atoms with Crippen molar-refractivity contribution in [3.8, 4) is 5.75 Å². The average Bonchev–Trinajstić information content (AvgIpc) is 2.37. The third-order valence-electron chi connectivity index (χ3n) is 2.33. The Hall–Kier alpha value is -2.08. The van der Waals surface area contributed by atoms with Gasteiger partial charge in [-0.15, -0.1) is 0 Å². The first-order chi connectivity index (χ1) is 9.06. The molecule has 0 spiro atoms. The van der Waals surface area contributed by atoms with E-state index in [1.807, 2.05) is 6.92 Å². The average molecular weight is 265 g/mol. The Kier molecular flexibility index (Phi) is 5.81. The van der Waals surface area contributed by atoms with Crippen LogP contribution < -0.4 is 20.7 Å². The number of ether oxygens (including phenoxy) is 1. The van der Waals surface area contributed by atoms with E-state index in [-0.39, 0.29) is 18.4 Å². The van der Waals surface area contributed by atoms with E-state index in [0.717, 1.165) is 6.54 Å². The van der Waals surface area contributed by atoms with Crippen molar-refractivity contribution in [1.82, 2.24) is 5.32 Å². The van der Waals surface area contributed by atoms with Crippen molar-refractivity contribution < 1.29 is 14.3 Å². The number of methoxy groups -OCH3 is 1. The Labute approximate surface area is 112 Å². The normalized spacial score (nSPS) is 9.84. The van der Waals surface area contributed by atoms with Crippen molar-refractivity contribution in [2.24, 2.45) is 0 Å². The summed E-state index contributed by atoms with van der Waals surface area (Å²) in [5, 5.41) is 8.32. The summed E-state index contributed by atoms with van der Waals surface area (Å²) in [4.78, 5) is 22.6. The van der Waals surface area contributed by atoms with Gasteiger partial charge in [0.05, 0.1) is 19.3 Å². The number of benzene rings is 1. The highest BCUT2D eigenvalue weighted by atomic mass is 16.5. The molecule has 0 atom stereocenters. The Morgan fingerprint density at radius 3 is 2.58 bits per heavy atom. The number of anilines is 2. The number of carbonyl (C=O) groups excluding carboxylic acids is 2. The lowest BCUT2D eigenvalue weighted by Crippen LogP contribution is -2.27. The Morgan fingerprint density at radius 2 is 2.00 bits per heavy atom. The zero-order chi connectivity index (χ0) is 14.3. The van der Waals surface area contributed by atoms with E-state index >= 15 is 0 Å². The molecule has 6 nitrogen and oxygen atoms in total. The van der Waals surface area contributed by atoms with Gasteiger partial charge in [0.25, 0.3) is 0 Å². The highest BCUT2D eigenvalue weighted by molar-refractivity contribution is 5.94. The molecule has 0 bridgehead atoms. The molecule has 0 fully saturated rings. The van der Waals surface area contributed by atoms with Crippen LogP contribution in [0, 0.1) is 0 Å². The minimum Gasteiger partial charge on any atom is -0.494 e. The first-order valence-corrected chi connectivity index (χ1v) is 6.03. The topological polar surface area (TPSA) is 79.5 Å². The predicted molar refractivity (Wildman–Crippen MR) is 74.5 cm³/mol. The summed E-state index contributed by atoms with van der Waals surface area (Å²) in [6, 6.07) is 5.05. The smallest absolute Gasteiger partial charge is 0.238 e. The summed E-state index contributed by atoms with van der Waals surface area (Å²) in [6.07, 6.45) is 0. The van der Waals surface area contributed by atoms with Gasteiger partial charge in [-0.1, -0.05) is 6.92 Å². The molecule has 0 aliphatic rings. The van der Waals surface area contributed by atoms with Crippen LogP contribution in [0.4, 0.5) is 11.4 Å². The van der Waals surface area contributed by atoms with Crippen molar-refractivity contribution in [3.05, 3.63) is 18.2 Å². The fourth-order valence-electron chi connectivity index (χ4n) is 1.51. The maximum Gasteiger partial charge on any atom is 0.238 e. The van der Waals surface area contributed by atoms with Crippen molar-refractivity contribution in [1.29, 1.82) is 0 Å². The maximum absolute atomic E-state index is 11.5. The highest BCUT2D eigenvalue weighted by Gasteiger charge is 2.07. The van der Waals surface area contributed by atoms with E-state index in [0.29, 0.717) is 17.1 Å². The van der Waals surface area contributed by atoms with E-state index in [9.17, 15) is 9.59 Å². The van der Waals surface area contributed by atoms with Crippen LogP contribution in [0.1, 0.15) is 13.8 Å². The van der Waals surface area contributed by atoms with Gasteiger partial charge in [0.15, 0.2) is 0 Å². The summed E-state index contributed by atoms with van der Waals surface area (Å²) in [6.45, 7) is 4.34. The zero-order valence-corrected chi connectivity index (χ0v) is 11.4. The Balaban J connectivity index is 2.76. The van der Waals surface area contributed by atoms with Gasteiger partial charge in [0.2, 0.25) is 11.8 Å². The van der Waals surface area contributed by atoms with Crippen molar-refractivity contribution in [3.63, 3.8) is 0 Å². The molecule has 0 unspecified atom stereocenters. The van der Waals surface area contributed by atoms with Crippen LogP contribution in [-0.2, 0) is 9.59 Å². The highest BCUT2D eigenvalue weighted by Crippen LogP contribution is 2.27. The predicted octanol–water partition coefficient (Wildman–Crippen LogP) is 1.20. The van der Waals surface area contributed by atoms with E-state index in [1.165, 1.54) is 14.0 Å². The molecule has 3 N–H and O–H groups in total. The van der Waals surface area contributed by atoms with Crippen LogP contribution in [0.5, 0.6) is 5.75 Å². The molecule has 0 aliphatic carbocycles. The van der Waals surface area contributed by atoms with E-state index in [4.69, 9.17) is 4.74 Å². The number of rotatable bonds is 6. The largest absolute Gasteiger partial charge is 0.494 e. The number of nitrogens with one attached hydrogen (secondary N) is 3. The SMILES string of the molecule is CCNCC(=O)Nc1ccc(NC(C)=O)c(OC)c1. The fraction of sp³-hybridized carbons (Fsp3) is 0.385. The van der Waals surface area contributed by atoms with Gasteiger partial charge in [0, 0.05) is 18.7 Å².